The molecule has 1 fully saturated rings. The second-order valence-electron chi connectivity index (χ2n) is 4.85. The van der Waals surface area contributed by atoms with Gasteiger partial charge in [-0.25, -0.2) is 0 Å². The Morgan fingerprint density at radius 2 is 2.27 bits per heavy atom. The maximum atomic E-state index is 5.16. The molecule has 0 aromatic carbocycles. The number of methoxy groups -OCH3 is 1. The van der Waals surface area contributed by atoms with Gasteiger partial charge in [0.2, 0.25) is 0 Å². The Kier molecular flexibility index (Phi) is 5.03. The van der Waals surface area contributed by atoms with Crippen LogP contribution >= 0.6 is 0 Å². The van der Waals surface area contributed by atoms with Crippen molar-refractivity contribution in [3.63, 3.8) is 0 Å². The Labute approximate surface area is 94.2 Å². The third-order valence-corrected chi connectivity index (χ3v) is 3.76. The van der Waals surface area contributed by atoms with E-state index in [1.165, 1.54) is 6.42 Å². The summed E-state index contributed by atoms with van der Waals surface area (Å²) in [5, 5.41) is 3.49. The second kappa shape index (κ2) is 5.83. The minimum absolute atomic E-state index is 0.325. The van der Waals surface area contributed by atoms with Crippen LogP contribution in [0.2, 0.25) is 0 Å². The summed E-state index contributed by atoms with van der Waals surface area (Å²) < 4.78 is 5.16. The van der Waals surface area contributed by atoms with Gasteiger partial charge in [0.1, 0.15) is 0 Å². The number of piperazine rings is 1. The molecule has 0 aromatic rings. The van der Waals surface area contributed by atoms with E-state index in [1.807, 2.05) is 0 Å². The van der Waals surface area contributed by atoms with Crippen LogP contribution in [0.4, 0.5) is 0 Å². The molecule has 0 radical (unpaired) electrons. The van der Waals surface area contributed by atoms with Crippen molar-refractivity contribution in [3.05, 3.63) is 0 Å². The summed E-state index contributed by atoms with van der Waals surface area (Å²) in [5.74, 6) is 0. The lowest BCUT2D eigenvalue weighted by Gasteiger charge is -2.48. The van der Waals surface area contributed by atoms with E-state index < -0.39 is 0 Å². The molecule has 2 atom stereocenters. The van der Waals surface area contributed by atoms with E-state index in [9.17, 15) is 0 Å². The zero-order valence-corrected chi connectivity index (χ0v) is 10.7. The molecule has 0 aromatic heterocycles. The molecule has 2 unspecified atom stereocenters. The Morgan fingerprint density at radius 1 is 1.53 bits per heavy atom. The largest absolute Gasteiger partial charge is 0.385 e. The topological polar surface area (TPSA) is 24.5 Å². The zero-order valence-electron chi connectivity index (χ0n) is 10.7. The highest BCUT2D eigenvalue weighted by atomic mass is 16.5. The zero-order chi connectivity index (χ0) is 11.3. The number of rotatable bonds is 5. The molecule has 1 rings (SSSR count). The van der Waals surface area contributed by atoms with Crippen LogP contribution in [0.25, 0.3) is 0 Å². The molecule has 15 heavy (non-hydrogen) atoms. The molecular weight excluding hydrogens is 188 g/mol. The van der Waals surface area contributed by atoms with Gasteiger partial charge in [0.05, 0.1) is 0 Å². The van der Waals surface area contributed by atoms with Crippen LogP contribution in [-0.4, -0.2) is 49.8 Å². The Balaban J connectivity index is 2.55. The fourth-order valence-electron chi connectivity index (χ4n) is 2.45. The van der Waals surface area contributed by atoms with Gasteiger partial charge in [-0.1, -0.05) is 6.92 Å². The van der Waals surface area contributed by atoms with Crippen molar-refractivity contribution in [2.45, 2.75) is 45.2 Å². The summed E-state index contributed by atoms with van der Waals surface area (Å²) in [6.45, 7) is 11.2. The van der Waals surface area contributed by atoms with E-state index in [4.69, 9.17) is 4.74 Å². The van der Waals surface area contributed by atoms with Crippen LogP contribution in [0.3, 0.4) is 0 Å². The number of hydrogen-bond donors (Lipinski definition) is 1. The predicted molar refractivity (Wildman–Crippen MR) is 64.2 cm³/mol. The van der Waals surface area contributed by atoms with E-state index in [-0.39, 0.29) is 0 Å². The molecule has 0 spiro atoms. The maximum absolute atomic E-state index is 5.16. The van der Waals surface area contributed by atoms with Crippen LogP contribution in [-0.2, 0) is 4.74 Å². The average Bonchev–Trinajstić information content (AvgIpc) is 2.26. The van der Waals surface area contributed by atoms with E-state index in [2.05, 4.69) is 31.0 Å². The van der Waals surface area contributed by atoms with Gasteiger partial charge in [-0.15, -0.1) is 0 Å². The lowest BCUT2D eigenvalue weighted by molar-refractivity contribution is 0.0227. The van der Waals surface area contributed by atoms with E-state index in [0.29, 0.717) is 11.6 Å². The Bertz CT molecular complexity index is 186. The summed E-state index contributed by atoms with van der Waals surface area (Å²) in [4.78, 5) is 2.64. The van der Waals surface area contributed by atoms with Crippen molar-refractivity contribution in [2.24, 2.45) is 0 Å². The van der Waals surface area contributed by atoms with Crippen molar-refractivity contribution in [3.8, 4) is 0 Å². The second-order valence-corrected chi connectivity index (χ2v) is 4.85. The van der Waals surface area contributed by atoms with Gasteiger partial charge in [-0.3, -0.25) is 4.90 Å². The first kappa shape index (κ1) is 12.9. The molecule has 3 nitrogen and oxygen atoms in total. The summed E-state index contributed by atoms with van der Waals surface area (Å²) in [5.41, 5.74) is 0.325. The Hall–Kier alpha value is -0.120. The van der Waals surface area contributed by atoms with Crippen molar-refractivity contribution < 1.29 is 4.74 Å². The molecule has 1 saturated heterocycles. The van der Waals surface area contributed by atoms with Gasteiger partial charge < -0.3 is 10.1 Å². The molecule has 90 valence electrons. The molecule has 0 amide bonds. The van der Waals surface area contributed by atoms with Crippen LogP contribution in [0.15, 0.2) is 0 Å². The smallest absolute Gasteiger partial charge is 0.0477 e. The van der Waals surface area contributed by atoms with Crippen LogP contribution < -0.4 is 5.32 Å². The first-order chi connectivity index (χ1) is 7.14. The molecule has 1 aliphatic heterocycles. The van der Waals surface area contributed by atoms with E-state index in [1.54, 1.807) is 7.11 Å². The average molecular weight is 214 g/mol. The maximum Gasteiger partial charge on any atom is 0.0477 e. The van der Waals surface area contributed by atoms with Crippen LogP contribution in [0, 0.1) is 0 Å². The van der Waals surface area contributed by atoms with Crippen LogP contribution in [0.1, 0.15) is 33.6 Å². The van der Waals surface area contributed by atoms with Gasteiger partial charge in [-0.05, 0) is 26.7 Å². The first-order valence-electron chi connectivity index (χ1n) is 6.10. The highest BCUT2D eigenvalue weighted by molar-refractivity contribution is 4.93. The summed E-state index contributed by atoms with van der Waals surface area (Å²) in [7, 11) is 1.78. The molecule has 0 bridgehead atoms. The first-order valence-corrected chi connectivity index (χ1v) is 6.10. The van der Waals surface area contributed by atoms with Crippen molar-refractivity contribution in [1.82, 2.24) is 10.2 Å². The van der Waals surface area contributed by atoms with E-state index >= 15 is 0 Å². The highest BCUT2D eigenvalue weighted by Gasteiger charge is 2.35. The molecule has 3 heteroatoms. The highest BCUT2D eigenvalue weighted by Crippen LogP contribution is 2.24. The molecule has 0 aliphatic carbocycles. The van der Waals surface area contributed by atoms with Crippen molar-refractivity contribution >= 4 is 0 Å². The summed E-state index contributed by atoms with van der Waals surface area (Å²) in [6.07, 6.45) is 2.34. The van der Waals surface area contributed by atoms with Crippen LogP contribution in [0.5, 0.6) is 0 Å². The molecule has 1 heterocycles. The minimum Gasteiger partial charge on any atom is -0.385 e. The van der Waals surface area contributed by atoms with Gasteiger partial charge in [0, 0.05) is 44.9 Å². The van der Waals surface area contributed by atoms with Gasteiger partial charge in [0.15, 0.2) is 0 Å². The van der Waals surface area contributed by atoms with Crippen molar-refractivity contribution in [2.75, 3.05) is 33.4 Å². The summed E-state index contributed by atoms with van der Waals surface area (Å²) >= 11 is 0. The summed E-state index contributed by atoms with van der Waals surface area (Å²) in [6, 6.07) is 0.622. The lowest BCUT2D eigenvalue weighted by Crippen LogP contribution is -2.62. The number of hydrogen-bond acceptors (Lipinski definition) is 3. The molecular formula is C12H26N2O. The number of nitrogens with one attached hydrogen (secondary N) is 1. The number of ether oxygens (including phenoxy) is 1. The molecule has 0 saturated carbocycles. The molecule has 1 N–H and O–H groups in total. The van der Waals surface area contributed by atoms with E-state index in [0.717, 1.165) is 32.7 Å². The van der Waals surface area contributed by atoms with Gasteiger partial charge in [0.25, 0.3) is 0 Å². The quantitative estimate of drug-likeness (QED) is 0.750. The predicted octanol–water partition coefficient (Wildman–Crippen LogP) is 1.49. The third-order valence-electron chi connectivity index (χ3n) is 3.76. The monoisotopic (exact) mass is 214 g/mol. The molecule has 1 aliphatic rings. The number of nitrogens with zero attached hydrogens (tertiary/aromatic N) is 1. The fourth-order valence-corrected chi connectivity index (χ4v) is 2.45. The minimum atomic E-state index is 0.325. The lowest BCUT2D eigenvalue weighted by atomic mass is 9.92. The fraction of sp³-hybridized carbons (Fsp3) is 1.00. The van der Waals surface area contributed by atoms with Crippen molar-refractivity contribution in [1.29, 1.82) is 0 Å². The SMILES string of the molecule is CCC1(C)CNCCN1C(C)CCOC. The standard InChI is InChI=1S/C12H26N2O/c1-5-12(3)10-13-7-8-14(12)11(2)6-9-15-4/h11,13H,5-10H2,1-4H3. The van der Waals surface area contributed by atoms with Gasteiger partial charge in [-0.2, -0.15) is 0 Å². The van der Waals surface area contributed by atoms with Gasteiger partial charge >= 0.3 is 0 Å². The Morgan fingerprint density at radius 3 is 2.87 bits per heavy atom. The third kappa shape index (κ3) is 3.16. The normalized spacial score (nSPS) is 30.4.